The quantitative estimate of drug-likeness (QED) is 0.563. The van der Waals surface area contributed by atoms with Gasteiger partial charge in [-0.15, -0.1) is 0 Å². The molecule has 0 unspecified atom stereocenters. The highest BCUT2D eigenvalue weighted by Gasteiger charge is 2.52. The van der Waals surface area contributed by atoms with E-state index in [2.05, 4.69) is 22.0 Å². The van der Waals surface area contributed by atoms with Crippen LogP contribution in [0.2, 0.25) is 0 Å². The van der Waals surface area contributed by atoms with Crippen LogP contribution in [-0.2, 0) is 14.3 Å². The second-order valence-corrected chi connectivity index (χ2v) is 10.3. The Labute approximate surface area is 207 Å². The first-order chi connectivity index (χ1) is 16.8. The molecule has 2 N–H and O–H groups in total. The first kappa shape index (κ1) is 25.6. The number of ether oxygens (including phenoxy) is 1. The minimum absolute atomic E-state index is 0.0323. The first-order valence-corrected chi connectivity index (χ1v) is 12.8. The molecule has 2 amide bonds. The lowest BCUT2D eigenvalue weighted by Gasteiger charge is -2.36. The Bertz CT molecular complexity index is 913. The van der Waals surface area contributed by atoms with E-state index in [0.29, 0.717) is 12.0 Å². The van der Waals surface area contributed by atoms with Crippen molar-refractivity contribution in [2.24, 2.45) is 5.92 Å². The van der Waals surface area contributed by atoms with Crippen molar-refractivity contribution >= 4 is 23.3 Å². The SMILES string of the molecule is CCCN1CCN(c2ccc(C(=O)N[C@@H](CC(C)C)C(=O)N3C[C@H](O)[C@H]4OCC(=O)[C@H]43)cc2)CC1. The van der Waals surface area contributed by atoms with Gasteiger partial charge in [-0.3, -0.25) is 19.3 Å². The van der Waals surface area contributed by atoms with Crippen LogP contribution in [0.5, 0.6) is 0 Å². The Hall–Kier alpha value is -2.49. The molecule has 0 spiro atoms. The summed E-state index contributed by atoms with van der Waals surface area (Å²) in [6.45, 7) is 11.2. The molecule has 1 aromatic rings. The Balaban J connectivity index is 1.40. The molecule has 0 bridgehead atoms. The van der Waals surface area contributed by atoms with Crippen molar-refractivity contribution in [3.05, 3.63) is 29.8 Å². The Morgan fingerprint density at radius 1 is 1.14 bits per heavy atom. The molecule has 3 aliphatic heterocycles. The number of nitrogens with zero attached hydrogens (tertiary/aromatic N) is 3. The number of hydrogen-bond donors (Lipinski definition) is 2. The lowest BCUT2D eigenvalue weighted by Crippen LogP contribution is -2.52. The predicted molar refractivity (Wildman–Crippen MR) is 132 cm³/mol. The van der Waals surface area contributed by atoms with Crippen LogP contribution in [0, 0.1) is 5.92 Å². The number of piperazine rings is 1. The van der Waals surface area contributed by atoms with Gasteiger partial charge in [0, 0.05) is 37.4 Å². The van der Waals surface area contributed by atoms with Gasteiger partial charge in [0.25, 0.3) is 5.91 Å². The number of carbonyl (C=O) groups is 3. The van der Waals surface area contributed by atoms with Gasteiger partial charge in [0.05, 0.1) is 6.54 Å². The lowest BCUT2D eigenvalue weighted by atomic mass is 10.0. The number of ketones is 1. The molecule has 3 aliphatic rings. The van der Waals surface area contributed by atoms with E-state index in [1.807, 2.05) is 26.0 Å². The van der Waals surface area contributed by atoms with E-state index in [1.165, 1.54) is 4.90 Å². The van der Waals surface area contributed by atoms with Crippen LogP contribution < -0.4 is 10.2 Å². The predicted octanol–water partition coefficient (Wildman–Crippen LogP) is 0.903. The number of likely N-dealkylation sites (tertiary alicyclic amines) is 1. The number of aliphatic hydroxyl groups is 1. The number of rotatable bonds is 8. The first-order valence-electron chi connectivity index (χ1n) is 12.8. The molecule has 35 heavy (non-hydrogen) atoms. The van der Waals surface area contributed by atoms with E-state index >= 15 is 0 Å². The second-order valence-electron chi connectivity index (χ2n) is 10.3. The van der Waals surface area contributed by atoms with Gasteiger partial charge in [-0.25, -0.2) is 0 Å². The fraction of sp³-hybridized carbons (Fsp3) is 0.654. The lowest BCUT2D eigenvalue weighted by molar-refractivity contribution is -0.138. The number of amides is 2. The molecular formula is C26H38N4O5. The van der Waals surface area contributed by atoms with E-state index in [4.69, 9.17) is 4.74 Å². The van der Waals surface area contributed by atoms with Gasteiger partial charge >= 0.3 is 0 Å². The summed E-state index contributed by atoms with van der Waals surface area (Å²) >= 11 is 0. The number of carbonyl (C=O) groups excluding carboxylic acids is 3. The van der Waals surface area contributed by atoms with Crippen molar-refractivity contribution in [2.75, 3.05) is 50.8 Å². The number of fused-ring (bicyclic) bond motifs is 1. The molecule has 3 saturated heterocycles. The van der Waals surface area contributed by atoms with E-state index in [0.717, 1.165) is 44.8 Å². The highest BCUT2D eigenvalue weighted by molar-refractivity contribution is 5.99. The zero-order chi connectivity index (χ0) is 25.1. The van der Waals surface area contributed by atoms with Gasteiger partial charge in [0.15, 0.2) is 5.78 Å². The minimum atomic E-state index is -0.901. The number of nitrogens with one attached hydrogen (secondary N) is 1. The van der Waals surface area contributed by atoms with Gasteiger partial charge in [-0.2, -0.15) is 0 Å². The minimum Gasteiger partial charge on any atom is -0.388 e. The highest BCUT2D eigenvalue weighted by atomic mass is 16.5. The highest BCUT2D eigenvalue weighted by Crippen LogP contribution is 2.29. The van der Waals surface area contributed by atoms with E-state index < -0.39 is 24.3 Å². The largest absolute Gasteiger partial charge is 0.388 e. The number of hydrogen-bond acceptors (Lipinski definition) is 7. The molecule has 192 valence electrons. The second kappa shape index (κ2) is 11.1. The number of aliphatic hydroxyl groups excluding tert-OH is 1. The number of anilines is 1. The van der Waals surface area contributed by atoms with Crippen LogP contribution in [0.4, 0.5) is 5.69 Å². The van der Waals surface area contributed by atoms with Crippen molar-refractivity contribution < 1.29 is 24.2 Å². The Morgan fingerprint density at radius 3 is 2.46 bits per heavy atom. The number of benzene rings is 1. The fourth-order valence-corrected chi connectivity index (χ4v) is 5.36. The summed E-state index contributed by atoms with van der Waals surface area (Å²) in [4.78, 5) is 44.9. The van der Waals surface area contributed by atoms with Crippen molar-refractivity contribution in [2.45, 2.75) is 57.9 Å². The van der Waals surface area contributed by atoms with E-state index in [1.54, 1.807) is 12.1 Å². The standard InChI is InChI=1S/C26H38N4O5/c1-4-9-28-10-12-29(13-11-28)19-7-5-18(6-8-19)25(33)27-20(14-17(2)3)26(34)30-15-21(31)24-23(30)22(32)16-35-24/h5-8,17,20-21,23-24,31H,4,9-16H2,1-3H3,(H,27,33)/t20-,21-,23+,24+/m0/s1. The van der Waals surface area contributed by atoms with Crippen molar-refractivity contribution in [3.63, 3.8) is 0 Å². The van der Waals surface area contributed by atoms with E-state index in [-0.39, 0.29) is 36.7 Å². The van der Waals surface area contributed by atoms with Crippen LogP contribution in [0.25, 0.3) is 0 Å². The average Bonchev–Trinajstić information content (AvgIpc) is 3.39. The third kappa shape index (κ3) is 5.68. The molecule has 4 rings (SSSR count). The smallest absolute Gasteiger partial charge is 0.251 e. The summed E-state index contributed by atoms with van der Waals surface area (Å²) < 4.78 is 5.38. The van der Waals surface area contributed by atoms with Gasteiger partial charge < -0.3 is 25.0 Å². The molecule has 3 heterocycles. The summed E-state index contributed by atoms with van der Waals surface area (Å²) in [5.41, 5.74) is 1.57. The number of Topliss-reactive ketones (excluding diaryl/α,β-unsaturated/α-hetero) is 1. The number of β-amino-alcohol motifs (C(OH)–C–C–N with tert-alkyl or cyclic N) is 1. The molecule has 1 aromatic carbocycles. The third-order valence-electron chi connectivity index (χ3n) is 7.16. The molecule has 0 radical (unpaired) electrons. The molecule has 3 fully saturated rings. The monoisotopic (exact) mass is 486 g/mol. The topological polar surface area (TPSA) is 102 Å². The van der Waals surface area contributed by atoms with Crippen LogP contribution in [0.1, 0.15) is 44.0 Å². The summed E-state index contributed by atoms with van der Waals surface area (Å²) in [5.74, 6) is -0.731. The van der Waals surface area contributed by atoms with Crippen molar-refractivity contribution in [3.8, 4) is 0 Å². The normalized spacial score (nSPS) is 25.7. The zero-order valence-corrected chi connectivity index (χ0v) is 21.0. The summed E-state index contributed by atoms with van der Waals surface area (Å²) in [6, 6.07) is 5.95. The average molecular weight is 487 g/mol. The fourth-order valence-electron chi connectivity index (χ4n) is 5.36. The molecule has 9 nitrogen and oxygen atoms in total. The van der Waals surface area contributed by atoms with Crippen molar-refractivity contribution in [1.29, 1.82) is 0 Å². The van der Waals surface area contributed by atoms with Gasteiger partial charge in [0.2, 0.25) is 5.91 Å². The third-order valence-corrected chi connectivity index (χ3v) is 7.16. The molecule has 9 heteroatoms. The summed E-state index contributed by atoms with van der Waals surface area (Å²) in [5, 5.41) is 13.2. The maximum Gasteiger partial charge on any atom is 0.251 e. The molecule has 0 aromatic heterocycles. The van der Waals surface area contributed by atoms with Crippen molar-refractivity contribution in [1.82, 2.24) is 15.1 Å². The molecule has 0 aliphatic carbocycles. The van der Waals surface area contributed by atoms with E-state index in [9.17, 15) is 19.5 Å². The summed E-state index contributed by atoms with van der Waals surface area (Å²) in [7, 11) is 0. The summed E-state index contributed by atoms with van der Waals surface area (Å²) in [6.07, 6.45) is 0.0118. The van der Waals surface area contributed by atoms with Gasteiger partial charge in [-0.1, -0.05) is 20.8 Å². The molecule has 0 saturated carbocycles. The van der Waals surface area contributed by atoms with Crippen LogP contribution in [0.3, 0.4) is 0 Å². The molecular weight excluding hydrogens is 448 g/mol. The Morgan fingerprint density at radius 2 is 1.83 bits per heavy atom. The Kier molecular flexibility index (Phi) is 8.09. The zero-order valence-electron chi connectivity index (χ0n) is 21.0. The van der Waals surface area contributed by atoms with Crippen LogP contribution in [0.15, 0.2) is 24.3 Å². The van der Waals surface area contributed by atoms with Crippen LogP contribution >= 0.6 is 0 Å². The maximum absolute atomic E-state index is 13.4. The maximum atomic E-state index is 13.4. The molecule has 4 atom stereocenters. The van der Waals surface area contributed by atoms with Gasteiger partial charge in [-0.05, 0) is 49.6 Å². The van der Waals surface area contributed by atoms with Gasteiger partial charge in [0.1, 0.15) is 30.9 Å². The van der Waals surface area contributed by atoms with Crippen LogP contribution in [-0.4, -0.2) is 103 Å².